The fourth-order valence-corrected chi connectivity index (χ4v) is 4.62. The Hall–Kier alpha value is -3.67. The lowest BCUT2D eigenvalue weighted by molar-refractivity contribution is 0.102. The molecule has 11 heteroatoms. The van der Waals surface area contributed by atoms with Crippen molar-refractivity contribution in [1.29, 1.82) is 5.41 Å². The molecule has 10 nitrogen and oxygen atoms in total. The smallest absolute Gasteiger partial charge is 0.255 e. The molecule has 1 amide bonds. The minimum Gasteiger partial charge on any atom is -0.492 e. The number of aliphatic hydroxyl groups excluding tert-OH is 1. The fraction of sp³-hybridized carbons (Fsp3) is 0.400. The number of amidine groups is 1. The van der Waals surface area contributed by atoms with Gasteiger partial charge in [0.1, 0.15) is 11.9 Å². The number of rotatable bonds is 11. The molecule has 0 bridgehead atoms. The van der Waals surface area contributed by atoms with Gasteiger partial charge in [0.05, 0.1) is 35.6 Å². The van der Waals surface area contributed by atoms with Crippen molar-refractivity contribution in [3.63, 3.8) is 0 Å². The first-order chi connectivity index (χ1) is 19.2. The Labute approximate surface area is 247 Å². The Balaban J connectivity index is 1.86. The number of methoxy groups -OCH3 is 1. The molecule has 1 aliphatic carbocycles. The molecule has 41 heavy (non-hydrogen) atoms. The lowest BCUT2D eigenvalue weighted by Gasteiger charge is -2.26. The van der Waals surface area contributed by atoms with Crippen LogP contribution in [0.15, 0.2) is 54.5 Å². The van der Waals surface area contributed by atoms with Crippen LogP contribution in [0.25, 0.3) is 0 Å². The van der Waals surface area contributed by atoms with Gasteiger partial charge < -0.3 is 30.5 Å². The third-order valence-electron chi connectivity index (χ3n) is 7.10. The molecular weight excluding hydrogens is 538 g/mol. The van der Waals surface area contributed by atoms with Crippen molar-refractivity contribution in [2.75, 3.05) is 35.5 Å². The molecular formula is C30H43N7O3S. The van der Waals surface area contributed by atoms with E-state index in [0.29, 0.717) is 28.4 Å². The number of benzene rings is 2. The first kappa shape index (κ1) is 31.9. The summed E-state index contributed by atoms with van der Waals surface area (Å²) in [6.45, 7) is 12.2. The molecule has 0 spiro atoms. The number of anilines is 3. The van der Waals surface area contributed by atoms with Gasteiger partial charge in [0.15, 0.2) is 5.75 Å². The zero-order valence-corrected chi connectivity index (χ0v) is 25.8. The topological polar surface area (TPSA) is 153 Å². The van der Waals surface area contributed by atoms with Gasteiger partial charge in [0.2, 0.25) is 0 Å². The molecule has 2 aromatic carbocycles. The molecule has 1 saturated carbocycles. The third kappa shape index (κ3) is 7.55. The van der Waals surface area contributed by atoms with Gasteiger partial charge in [-0.3, -0.25) is 15.2 Å². The summed E-state index contributed by atoms with van der Waals surface area (Å²) in [4.78, 5) is 14.9. The molecule has 222 valence electrons. The molecule has 0 aromatic heterocycles. The van der Waals surface area contributed by atoms with Crippen molar-refractivity contribution in [2.24, 2.45) is 17.5 Å². The number of likely N-dealkylation sites (N-methyl/N-ethyl adjacent to an activating group) is 1. The van der Waals surface area contributed by atoms with E-state index in [0.717, 1.165) is 29.7 Å². The van der Waals surface area contributed by atoms with Gasteiger partial charge >= 0.3 is 0 Å². The van der Waals surface area contributed by atoms with Crippen molar-refractivity contribution in [1.82, 2.24) is 4.90 Å². The average molecular weight is 582 g/mol. The Morgan fingerprint density at radius 1 is 1.27 bits per heavy atom. The number of amides is 1. The third-order valence-corrected chi connectivity index (χ3v) is 7.52. The second kappa shape index (κ2) is 12.9. The Bertz CT molecular complexity index is 1350. The normalized spacial score (nSPS) is 14.2. The first-order valence-electron chi connectivity index (χ1n) is 13.3. The zero-order valence-electron chi connectivity index (χ0n) is 25.0. The van der Waals surface area contributed by atoms with Crippen LogP contribution in [0.4, 0.5) is 17.1 Å². The minimum atomic E-state index is -0.855. The second-order valence-electron chi connectivity index (χ2n) is 11.3. The number of carbonyl (C=O) groups is 1. The quantitative estimate of drug-likeness (QED) is 0.0542. The lowest BCUT2D eigenvalue weighted by atomic mass is 9.86. The van der Waals surface area contributed by atoms with Crippen LogP contribution in [0.3, 0.4) is 0 Å². The van der Waals surface area contributed by atoms with E-state index in [-0.39, 0.29) is 28.8 Å². The number of nitrogens with two attached hydrogens (primary N) is 2. The molecule has 0 aliphatic heterocycles. The Kier molecular flexibility index (Phi) is 10.0. The van der Waals surface area contributed by atoms with Crippen LogP contribution in [0, 0.1) is 18.3 Å². The summed E-state index contributed by atoms with van der Waals surface area (Å²) in [7, 11) is 3.21. The highest BCUT2D eigenvalue weighted by molar-refractivity contribution is 7.99. The molecule has 8 N–H and O–H groups in total. The summed E-state index contributed by atoms with van der Waals surface area (Å²) in [6, 6.07) is 9.16. The van der Waals surface area contributed by atoms with E-state index < -0.39 is 6.10 Å². The monoisotopic (exact) mass is 581 g/mol. The van der Waals surface area contributed by atoms with Crippen molar-refractivity contribution < 1.29 is 14.6 Å². The Morgan fingerprint density at radius 3 is 2.46 bits per heavy atom. The summed E-state index contributed by atoms with van der Waals surface area (Å²) in [5.41, 5.74) is 10.8. The zero-order chi connectivity index (χ0) is 30.6. The highest BCUT2D eigenvalue weighted by Crippen LogP contribution is 2.40. The molecule has 1 atom stereocenters. The highest BCUT2D eigenvalue weighted by Gasteiger charge is 2.34. The van der Waals surface area contributed by atoms with Crippen LogP contribution in [0.5, 0.6) is 5.75 Å². The van der Waals surface area contributed by atoms with Gasteiger partial charge in [0, 0.05) is 25.1 Å². The molecule has 2 aromatic rings. The van der Waals surface area contributed by atoms with Crippen molar-refractivity contribution in [2.45, 2.75) is 52.1 Å². The molecule has 0 saturated heterocycles. The standard InChI is InChI=1S/C30H43N7O3S/c1-17-9-10-20(29(39)34-23-14-21(30(3,4)5)15-24(35-41-8)27(23)40-7)13-25(17)37(33)16-22(31)18(2)36(6)28(32)26(38)19-11-12-19/h9-10,13-16,19,26,32,35,38H,2,11-12,31,33H2,1,3-8H3,(H,34,39)/b22-16-,32-28?. The number of hydrogen-bond acceptors (Lipinski definition) is 9. The number of hydrogen-bond donors (Lipinski definition) is 6. The molecule has 0 heterocycles. The van der Waals surface area contributed by atoms with Gasteiger partial charge in [-0.15, -0.1) is 0 Å². The SMILES string of the molecule is C=C(/C(N)=C/N(N)c1cc(C(=O)Nc2cc(C(C)(C)C)cc(NSC)c2OC)ccc1C)N(C)C(=N)C(O)C1CC1. The summed E-state index contributed by atoms with van der Waals surface area (Å²) < 4.78 is 8.91. The van der Waals surface area contributed by atoms with Crippen LogP contribution in [-0.2, 0) is 5.41 Å². The van der Waals surface area contributed by atoms with Gasteiger partial charge in [0.25, 0.3) is 5.91 Å². The van der Waals surface area contributed by atoms with Crippen molar-refractivity contribution in [3.8, 4) is 5.75 Å². The second-order valence-corrected chi connectivity index (χ2v) is 11.9. The number of carbonyl (C=O) groups excluding carboxylic acids is 1. The van der Waals surface area contributed by atoms with Crippen LogP contribution in [0.2, 0.25) is 0 Å². The summed E-state index contributed by atoms with van der Waals surface area (Å²) in [5, 5.41) is 22.9. The van der Waals surface area contributed by atoms with E-state index in [4.69, 9.17) is 21.7 Å². The van der Waals surface area contributed by atoms with Crippen LogP contribution >= 0.6 is 11.9 Å². The van der Waals surface area contributed by atoms with Gasteiger partial charge in [-0.05, 0) is 66.5 Å². The van der Waals surface area contributed by atoms with Gasteiger partial charge in [-0.1, -0.05) is 45.4 Å². The number of nitrogens with zero attached hydrogens (tertiary/aromatic N) is 2. The predicted octanol–water partition coefficient (Wildman–Crippen LogP) is 4.92. The predicted molar refractivity (Wildman–Crippen MR) is 170 cm³/mol. The van der Waals surface area contributed by atoms with E-state index in [9.17, 15) is 9.90 Å². The minimum absolute atomic E-state index is 0.0362. The van der Waals surface area contributed by atoms with Crippen LogP contribution < -0.4 is 31.4 Å². The maximum Gasteiger partial charge on any atom is 0.255 e. The molecule has 1 aliphatic rings. The van der Waals surface area contributed by atoms with E-state index in [1.807, 2.05) is 25.3 Å². The number of ether oxygens (including phenoxy) is 1. The molecule has 1 unspecified atom stereocenters. The number of hydrazine groups is 1. The van der Waals surface area contributed by atoms with Gasteiger partial charge in [-0.2, -0.15) is 0 Å². The van der Waals surface area contributed by atoms with Crippen LogP contribution in [-0.4, -0.2) is 48.3 Å². The number of nitrogens with one attached hydrogen (secondary N) is 3. The summed E-state index contributed by atoms with van der Waals surface area (Å²) >= 11 is 1.44. The summed E-state index contributed by atoms with van der Waals surface area (Å²) in [6.07, 6.45) is 4.35. The maximum atomic E-state index is 13.5. The number of aryl methyl sites for hydroxylation is 1. The maximum absolute atomic E-state index is 13.5. The van der Waals surface area contributed by atoms with Crippen molar-refractivity contribution >= 4 is 40.8 Å². The first-order valence-corrected chi connectivity index (χ1v) is 14.6. The fourth-order valence-electron chi connectivity index (χ4n) is 4.25. The molecule has 3 rings (SSSR count). The van der Waals surface area contributed by atoms with E-state index in [1.54, 1.807) is 32.4 Å². The summed E-state index contributed by atoms with van der Waals surface area (Å²) in [5.74, 6) is 6.71. The van der Waals surface area contributed by atoms with Crippen LogP contribution in [0.1, 0.15) is 55.1 Å². The number of aliphatic hydroxyl groups is 1. The average Bonchev–Trinajstić information content (AvgIpc) is 3.76. The molecule has 1 fully saturated rings. The van der Waals surface area contributed by atoms with E-state index >= 15 is 0 Å². The molecule has 0 radical (unpaired) electrons. The van der Waals surface area contributed by atoms with E-state index in [1.165, 1.54) is 28.1 Å². The highest BCUT2D eigenvalue weighted by atomic mass is 32.2. The van der Waals surface area contributed by atoms with E-state index in [2.05, 4.69) is 37.4 Å². The largest absolute Gasteiger partial charge is 0.492 e. The van der Waals surface area contributed by atoms with Crippen molar-refractivity contribution in [3.05, 3.63) is 71.2 Å². The lowest BCUT2D eigenvalue weighted by Crippen LogP contribution is -2.38. The van der Waals surface area contributed by atoms with Gasteiger partial charge in [-0.25, -0.2) is 5.84 Å². The Morgan fingerprint density at radius 2 is 1.90 bits per heavy atom.